The molecule has 0 fully saturated rings. The van der Waals surface area contributed by atoms with Gasteiger partial charge in [0.15, 0.2) is 6.39 Å². The average molecular weight is 178 g/mol. The normalized spacial score (nSPS) is 8.45. The van der Waals surface area contributed by atoms with E-state index in [1.54, 1.807) is 6.92 Å². The van der Waals surface area contributed by atoms with Crippen molar-refractivity contribution in [2.75, 3.05) is 6.61 Å². The second-order valence-electron chi connectivity index (χ2n) is 1.59. The van der Waals surface area contributed by atoms with Crippen LogP contribution in [0, 0.1) is 0 Å². The molecule has 0 radical (unpaired) electrons. The molecular formula is C6H8ClNO3. The lowest BCUT2D eigenvalue weighted by atomic mass is 10.5. The highest BCUT2D eigenvalue weighted by atomic mass is 35.5. The molecule has 0 bridgehead atoms. The highest BCUT2D eigenvalue weighted by molar-refractivity contribution is 5.85. The molecule has 0 aromatic carbocycles. The Morgan fingerprint density at radius 1 is 1.82 bits per heavy atom. The molecule has 0 unspecified atom stereocenters. The van der Waals surface area contributed by atoms with Gasteiger partial charge in [0.1, 0.15) is 0 Å². The zero-order valence-corrected chi connectivity index (χ0v) is 6.76. The van der Waals surface area contributed by atoms with E-state index in [0.29, 0.717) is 6.61 Å². The van der Waals surface area contributed by atoms with Gasteiger partial charge in [-0.3, -0.25) is 0 Å². The predicted octanol–water partition coefficient (Wildman–Crippen LogP) is 1.27. The number of rotatable bonds is 2. The van der Waals surface area contributed by atoms with Crippen molar-refractivity contribution in [3.8, 4) is 0 Å². The van der Waals surface area contributed by atoms with Gasteiger partial charge in [0, 0.05) is 0 Å². The van der Waals surface area contributed by atoms with Crippen LogP contribution in [0.25, 0.3) is 0 Å². The molecule has 1 heterocycles. The summed E-state index contributed by atoms with van der Waals surface area (Å²) >= 11 is 0. The van der Waals surface area contributed by atoms with Gasteiger partial charge in [-0.05, 0) is 6.92 Å². The molecule has 1 rings (SSSR count). The molecule has 0 N–H and O–H groups in total. The Morgan fingerprint density at radius 2 is 2.55 bits per heavy atom. The maximum atomic E-state index is 10.7. The second kappa shape index (κ2) is 4.73. The van der Waals surface area contributed by atoms with Gasteiger partial charge >= 0.3 is 5.97 Å². The number of ether oxygens (including phenoxy) is 1. The Balaban J connectivity index is 0.000001000. The number of carbonyl (C=O) groups is 1. The van der Waals surface area contributed by atoms with Crippen molar-refractivity contribution in [1.29, 1.82) is 0 Å². The summed E-state index contributed by atoms with van der Waals surface area (Å²) in [6.07, 6.45) is 2.50. The minimum Gasteiger partial charge on any atom is -0.460 e. The van der Waals surface area contributed by atoms with Crippen LogP contribution in [0.15, 0.2) is 17.0 Å². The molecule has 0 spiro atoms. The summed E-state index contributed by atoms with van der Waals surface area (Å²) < 4.78 is 9.28. The van der Waals surface area contributed by atoms with Crippen LogP contribution in [0.4, 0.5) is 0 Å². The Kier molecular flexibility index (Phi) is 4.29. The molecule has 0 aliphatic heterocycles. The number of oxazole rings is 1. The summed E-state index contributed by atoms with van der Waals surface area (Å²) in [5.74, 6) is -0.332. The minimum absolute atomic E-state index is 0. The molecule has 11 heavy (non-hydrogen) atoms. The van der Waals surface area contributed by atoms with Crippen molar-refractivity contribution < 1.29 is 13.9 Å². The van der Waals surface area contributed by atoms with Gasteiger partial charge in [-0.15, -0.1) is 12.4 Å². The fourth-order valence-electron chi connectivity index (χ4n) is 0.519. The molecule has 0 atom stereocenters. The topological polar surface area (TPSA) is 52.3 Å². The number of hydrogen-bond donors (Lipinski definition) is 0. The summed E-state index contributed by atoms with van der Waals surface area (Å²) in [4.78, 5) is 14.3. The van der Waals surface area contributed by atoms with Crippen molar-refractivity contribution in [1.82, 2.24) is 4.98 Å². The van der Waals surface area contributed by atoms with E-state index in [0.717, 1.165) is 0 Å². The first kappa shape index (κ1) is 9.97. The highest BCUT2D eigenvalue weighted by Crippen LogP contribution is 1.98. The quantitative estimate of drug-likeness (QED) is 0.639. The third-order valence-corrected chi connectivity index (χ3v) is 0.909. The van der Waals surface area contributed by atoms with Crippen molar-refractivity contribution in [2.24, 2.45) is 0 Å². The van der Waals surface area contributed by atoms with Gasteiger partial charge in [0.05, 0.1) is 12.8 Å². The van der Waals surface area contributed by atoms with E-state index >= 15 is 0 Å². The Hall–Kier alpha value is -1.03. The number of aromatic nitrogens is 1. The van der Waals surface area contributed by atoms with Gasteiger partial charge in [0.25, 0.3) is 0 Å². The van der Waals surface area contributed by atoms with Crippen LogP contribution in [-0.2, 0) is 4.74 Å². The minimum atomic E-state index is -0.472. The molecule has 0 aliphatic carbocycles. The van der Waals surface area contributed by atoms with E-state index in [1.165, 1.54) is 12.6 Å². The zero-order chi connectivity index (χ0) is 7.40. The standard InChI is InChI=1S/C6H7NO3.ClH/c1-2-9-6(8)5-3-7-4-10-5;/h3-4H,2H2,1H3;1H. The van der Waals surface area contributed by atoms with Gasteiger partial charge in [-0.2, -0.15) is 0 Å². The lowest BCUT2D eigenvalue weighted by Gasteiger charge is -1.94. The molecule has 1 aromatic rings. The first-order valence-corrected chi connectivity index (χ1v) is 2.90. The summed E-state index contributed by atoms with van der Waals surface area (Å²) in [5, 5.41) is 0. The van der Waals surface area contributed by atoms with Crippen LogP contribution < -0.4 is 0 Å². The maximum absolute atomic E-state index is 10.7. The molecule has 5 heteroatoms. The van der Waals surface area contributed by atoms with E-state index in [9.17, 15) is 4.79 Å². The van der Waals surface area contributed by atoms with Crippen LogP contribution in [0.1, 0.15) is 17.5 Å². The van der Waals surface area contributed by atoms with Crippen molar-refractivity contribution in [3.63, 3.8) is 0 Å². The van der Waals surface area contributed by atoms with Crippen LogP contribution in [0.3, 0.4) is 0 Å². The lowest BCUT2D eigenvalue weighted by molar-refractivity contribution is 0.0490. The number of carbonyl (C=O) groups excluding carboxylic acids is 1. The van der Waals surface area contributed by atoms with Gasteiger partial charge in [-0.25, -0.2) is 9.78 Å². The highest BCUT2D eigenvalue weighted by Gasteiger charge is 2.08. The van der Waals surface area contributed by atoms with Crippen LogP contribution in [0.2, 0.25) is 0 Å². The second-order valence-corrected chi connectivity index (χ2v) is 1.59. The van der Waals surface area contributed by atoms with E-state index in [4.69, 9.17) is 0 Å². The molecule has 0 saturated heterocycles. The van der Waals surface area contributed by atoms with E-state index in [2.05, 4.69) is 14.1 Å². The SMILES string of the molecule is CCOC(=O)c1cnco1.Cl. The summed E-state index contributed by atoms with van der Waals surface area (Å²) in [6, 6.07) is 0. The predicted molar refractivity (Wildman–Crippen MR) is 39.7 cm³/mol. The monoisotopic (exact) mass is 177 g/mol. The number of halogens is 1. The Bertz CT molecular complexity index is 210. The number of nitrogens with zero attached hydrogens (tertiary/aromatic N) is 1. The average Bonchev–Trinajstić information content (AvgIpc) is 2.38. The molecule has 62 valence electrons. The van der Waals surface area contributed by atoms with Crippen LogP contribution >= 0.6 is 12.4 Å². The van der Waals surface area contributed by atoms with E-state index < -0.39 is 5.97 Å². The Morgan fingerprint density at radius 3 is 3.00 bits per heavy atom. The fraction of sp³-hybridized carbons (Fsp3) is 0.333. The van der Waals surface area contributed by atoms with Crippen molar-refractivity contribution in [2.45, 2.75) is 6.92 Å². The smallest absolute Gasteiger partial charge is 0.375 e. The summed E-state index contributed by atoms with van der Waals surface area (Å²) in [7, 11) is 0. The van der Waals surface area contributed by atoms with Crippen LogP contribution in [0.5, 0.6) is 0 Å². The van der Waals surface area contributed by atoms with Crippen molar-refractivity contribution in [3.05, 3.63) is 18.4 Å². The van der Waals surface area contributed by atoms with E-state index in [1.807, 2.05) is 0 Å². The summed E-state index contributed by atoms with van der Waals surface area (Å²) in [5.41, 5.74) is 0. The van der Waals surface area contributed by atoms with Gasteiger partial charge < -0.3 is 9.15 Å². The molecule has 0 amide bonds. The lowest BCUT2D eigenvalue weighted by Crippen LogP contribution is -2.02. The number of esters is 1. The third kappa shape index (κ3) is 2.59. The van der Waals surface area contributed by atoms with Gasteiger partial charge in [-0.1, -0.05) is 0 Å². The molecule has 0 aliphatic rings. The van der Waals surface area contributed by atoms with Crippen LogP contribution in [-0.4, -0.2) is 17.6 Å². The van der Waals surface area contributed by atoms with Gasteiger partial charge in [0.2, 0.25) is 5.76 Å². The zero-order valence-electron chi connectivity index (χ0n) is 5.94. The fourth-order valence-corrected chi connectivity index (χ4v) is 0.519. The molecular weight excluding hydrogens is 170 g/mol. The number of hydrogen-bond acceptors (Lipinski definition) is 4. The molecule has 0 saturated carbocycles. The first-order valence-electron chi connectivity index (χ1n) is 2.90. The largest absolute Gasteiger partial charge is 0.460 e. The van der Waals surface area contributed by atoms with E-state index in [-0.39, 0.29) is 18.2 Å². The third-order valence-electron chi connectivity index (χ3n) is 0.909. The maximum Gasteiger partial charge on any atom is 0.375 e. The molecule has 1 aromatic heterocycles. The summed E-state index contributed by atoms with van der Waals surface area (Å²) in [6.45, 7) is 2.08. The van der Waals surface area contributed by atoms with Crippen molar-refractivity contribution >= 4 is 18.4 Å². The first-order chi connectivity index (χ1) is 4.84. The molecule has 4 nitrogen and oxygen atoms in total. The Labute approximate surface area is 70.0 Å².